The summed E-state index contributed by atoms with van der Waals surface area (Å²) in [6, 6.07) is 3.40. The fourth-order valence-electron chi connectivity index (χ4n) is 4.00. The number of rotatable bonds is 7. The molecule has 1 aromatic carbocycles. The number of anilines is 1. The molecule has 1 atom stereocenters. The van der Waals surface area contributed by atoms with E-state index in [9.17, 15) is 24.6 Å². The second-order valence-electron chi connectivity index (χ2n) is 7.94. The number of hydrogen-bond acceptors (Lipinski definition) is 10. The van der Waals surface area contributed by atoms with Crippen LogP contribution >= 0.6 is 22.7 Å². The number of aryl methyl sites for hydroxylation is 3. The number of carbonyl (C=O) groups excluding carboxylic acids is 3. The van der Waals surface area contributed by atoms with Crippen molar-refractivity contribution in [2.45, 2.75) is 40.7 Å². The minimum absolute atomic E-state index is 0.106. The normalized spacial score (nSPS) is 15.7. The van der Waals surface area contributed by atoms with E-state index in [-0.39, 0.29) is 34.6 Å². The van der Waals surface area contributed by atoms with Crippen molar-refractivity contribution in [3.63, 3.8) is 0 Å². The number of amides is 1. The molecule has 1 unspecified atom stereocenters. The van der Waals surface area contributed by atoms with Gasteiger partial charge in [-0.15, -0.1) is 11.3 Å². The average molecular weight is 514 g/mol. The Morgan fingerprint density at radius 2 is 1.77 bits per heavy atom. The fourth-order valence-corrected chi connectivity index (χ4v) is 5.86. The summed E-state index contributed by atoms with van der Waals surface area (Å²) in [7, 11) is 0. The van der Waals surface area contributed by atoms with Gasteiger partial charge in [0.2, 0.25) is 5.78 Å². The van der Waals surface area contributed by atoms with E-state index in [1.807, 2.05) is 0 Å². The van der Waals surface area contributed by atoms with E-state index >= 15 is 0 Å². The highest BCUT2D eigenvalue weighted by molar-refractivity contribution is 7.17. The topological polar surface area (TPSA) is 130 Å². The quantitative estimate of drug-likeness (QED) is 0.438. The van der Waals surface area contributed by atoms with Crippen molar-refractivity contribution in [3.8, 4) is 11.5 Å². The molecule has 35 heavy (non-hydrogen) atoms. The lowest BCUT2D eigenvalue weighted by atomic mass is 9.95. The number of nitrogens with zero attached hydrogens (tertiary/aromatic N) is 3. The predicted molar refractivity (Wildman–Crippen MR) is 132 cm³/mol. The first-order valence-electron chi connectivity index (χ1n) is 10.7. The van der Waals surface area contributed by atoms with Gasteiger partial charge in [-0.25, -0.2) is 9.97 Å². The number of phenols is 1. The van der Waals surface area contributed by atoms with Crippen LogP contribution in [-0.2, 0) is 4.79 Å². The molecule has 1 aliphatic rings. The molecule has 11 heteroatoms. The van der Waals surface area contributed by atoms with Crippen LogP contribution < -0.4 is 9.64 Å². The van der Waals surface area contributed by atoms with Crippen LogP contribution in [-0.4, -0.2) is 44.3 Å². The van der Waals surface area contributed by atoms with Gasteiger partial charge in [0.1, 0.15) is 0 Å². The third-order valence-corrected chi connectivity index (χ3v) is 7.80. The van der Waals surface area contributed by atoms with Crippen LogP contribution in [0.1, 0.15) is 61.2 Å². The molecule has 0 saturated heterocycles. The monoisotopic (exact) mass is 513 g/mol. The number of aliphatic hydroxyl groups is 1. The number of aromatic hydroxyl groups is 1. The lowest BCUT2D eigenvalue weighted by Crippen LogP contribution is -2.31. The molecule has 9 nitrogen and oxygen atoms in total. The van der Waals surface area contributed by atoms with Gasteiger partial charge in [-0.2, -0.15) is 0 Å². The highest BCUT2D eigenvalue weighted by Crippen LogP contribution is 2.45. The van der Waals surface area contributed by atoms with E-state index in [1.165, 1.54) is 35.3 Å². The van der Waals surface area contributed by atoms with Gasteiger partial charge in [-0.3, -0.25) is 19.3 Å². The minimum Gasteiger partial charge on any atom is -0.504 e. The summed E-state index contributed by atoms with van der Waals surface area (Å²) < 4.78 is 5.51. The van der Waals surface area contributed by atoms with Crippen LogP contribution in [0, 0.1) is 20.8 Å². The molecule has 3 aromatic rings. The Morgan fingerprint density at radius 1 is 1.09 bits per heavy atom. The van der Waals surface area contributed by atoms with E-state index in [2.05, 4.69) is 9.97 Å². The van der Waals surface area contributed by atoms with Gasteiger partial charge in [0.05, 0.1) is 44.4 Å². The zero-order valence-corrected chi connectivity index (χ0v) is 21.3. The molecule has 2 N–H and O–H groups in total. The number of phenolic OH excluding ortho intramolecular Hbond substituents is 1. The molecule has 2 aromatic heterocycles. The number of ether oxygens (including phenoxy) is 1. The molecule has 4 rings (SSSR count). The van der Waals surface area contributed by atoms with Crippen LogP contribution in [0.2, 0.25) is 0 Å². The lowest BCUT2D eigenvalue weighted by Gasteiger charge is -2.25. The molecule has 182 valence electrons. The largest absolute Gasteiger partial charge is 0.504 e. The second-order valence-corrected chi connectivity index (χ2v) is 10.1. The smallest absolute Gasteiger partial charge is 0.296 e. The lowest BCUT2D eigenvalue weighted by molar-refractivity contribution is -0.117. The van der Waals surface area contributed by atoms with Gasteiger partial charge in [0.25, 0.3) is 5.91 Å². The molecule has 0 bridgehead atoms. The summed E-state index contributed by atoms with van der Waals surface area (Å²) in [5.41, 5.74) is 1.22. The maximum absolute atomic E-state index is 13.7. The van der Waals surface area contributed by atoms with Crippen molar-refractivity contribution >= 4 is 45.3 Å². The van der Waals surface area contributed by atoms with E-state index in [0.29, 0.717) is 31.7 Å². The molecule has 0 saturated carbocycles. The number of hydrogen-bond donors (Lipinski definition) is 2. The number of Topliss-reactive ketones (excluding diaryl/α,β-unsaturated/α-hetero) is 2. The highest BCUT2D eigenvalue weighted by atomic mass is 32.1. The third kappa shape index (κ3) is 4.21. The number of thiazole rings is 2. The summed E-state index contributed by atoms with van der Waals surface area (Å²) in [5.74, 6) is -2.19. The first kappa shape index (κ1) is 24.6. The predicted octanol–water partition coefficient (Wildman–Crippen LogP) is 4.61. The number of aliphatic hydroxyl groups excluding tert-OH is 1. The van der Waals surface area contributed by atoms with E-state index in [4.69, 9.17) is 4.74 Å². The number of aromatic nitrogens is 2. The maximum atomic E-state index is 13.7. The molecule has 0 radical (unpaired) electrons. The van der Waals surface area contributed by atoms with Gasteiger partial charge < -0.3 is 14.9 Å². The summed E-state index contributed by atoms with van der Waals surface area (Å²) in [6.07, 6.45) is 0. The second kappa shape index (κ2) is 9.23. The van der Waals surface area contributed by atoms with E-state index in [1.54, 1.807) is 33.8 Å². The maximum Gasteiger partial charge on any atom is 0.296 e. The summed E-state index contributed by atoms with van der Waals surface area (Å²) >= 11 is 2.18. The third-order valence-electron chi connectivity index (χ3n) is 5.47. The zero-order chi connectivity index (χ0) is 25.6. The minimum atomic E-state index is -1.07. The molecule has 0 fully saturated rings. The fraction of sp³-hybridized carbons (Fsp3) is 0.292. The van der Waals surface area contributed by atoms with Crippen LogP contribution in [0.4, 0.5) is 5.13 Å². The molecule has 1 aliphatic heterocycles. The Kier molecular flexibility index (Phi) is 6.48. The van der Waals surface area contributed by atoms with Gasteiger partial charge >= 0.3 is 0 Å². The Bertz CT molecular complexity index is 1400. The molecule has 1 amide bonds. The van der Waals surface area contributed by atoms with Crippen molar-refractivity contribution in [2.24, 2.45) is 0 Å². The molecule has 3 heterocycles. The average Bonchev–Trinajstić information content (AvgIpc) is 3.42. The van der Waals surface area contributed by atoms with Gasteiger partial charge in [-0.05, 0) is 45.4 Å². The number of ketones is 2. The SMILES string of the molecule is CCOc1cc(C2C(C(=O)c3sc(C)nc3C)=C(O)C(=O)N2c2nc(C)c(C(C)=O)s2)ccc1O. The number of carbonyl (C=O) groups is 3. The highest BCUT2D eigenvalue weighted by Gasteiger charge is 2.47. The van der Waals surface area contributed by atoms with Crippen LogP contribution in [0.15, 0.2) is 29.5 Å². The van der Waals surface area contributed by atoms with E-state index in [0.717, 1.165) is 11.3 Å². The Hall–Kier alpha value is -3.57. The van der Waals surface area contributed by atoms with Crippen molar-refractivity contribution in [2.75, 3.05) is 11.5 Å². The van der Waals surface area contributed by atoms with E-state index < -0.39 is 23.5 Å². The summed E-state index contributed by atoms with van der Waals surface area (Å²) in [5, 5.41) is 22.0. The molecular formula is C24H23N3O6S2. The van der Waals surface area contributed by atoms with Crippen molar-refractivity contribution < 1.29 is 29.3 Å². The van der Waals surface area contributed by atoms with Crippen LogP contribution in [0.25, 0.3) is 0 Å². The van der Waals surface area contributed by atoms with Crippen molar-refractivity contribution in [1.29, 1.82) is 0 Å². The van der Waals surface area contributed by atoms with Crippen LogP contribution in [0.5, 0.6) is 11.5 Å². The summed E-state index contributed by atoms with van der Waals surface area (Å²) in [6.45, 7) is 8.56. The summed E-state index contributed by atoms with van der Waals surface area (Å²) in [4.78, 5) is 49.7. The zero-order valence-electron chi connectivity index (χ0n) is 19.7. The van der Waals surface area contributed by atoms with Gasteiger partial charge in [0.15, 0.2) is 28.2 Å². The first-order chi connectivity index (χ1) is 16.5. The molecular weight excluding hydrogens is 490 g/mol. The number of benzene rings is 1. The van der Waals surface area contributed by atoms with Crippen molar-refractivity contribution in [1.82, 2.24) is 9.97 Å². The molecule has 0 aliphatic carbocycles. The van der Waals surface area contributed by atoms with Crippen molar-refractivity contribution in [3.05, 3.63) is 61.2 Å². The van der Waals surface area contributed by atoms with Crippen LogP contribution in [0.3, 0.4) is 0 Å². The van der Waals surface area contributed by atoms with Gasteiger partial charge in [0, 0.05) is 6.92 Å². The first-order valence-corrected chi connectivity index (χ1v) is 12.4. The Morgan fingerprint density at radius 3 is 2.34 bits per heavy atom. The Labute approximate surface area is 209 Å². The standard InChI is InChI=1S/C24H23N3O6S2/c1-6-33-16-9-14(7-8-15(16)29)18-17(19(30)22-11(3)25-13(5)34-22)20(31)23(32)27(18)24-26-10(2)21(35-24)12(4)28/h7-9,18,29,31H,6H2,1-5H3. The molecule has 0 spiro atoms. The Balaban J connectivity index is 1.93. The van der Waals surface area contributed by atoms with Gasteiger partial charge in [-0.1, -0.05) is 17.4 Å².